The Kier molecular flexibility index (Phi) is 4.19. The van der Waals surface area contributed by atoms with Crippen LogP contribution in [0.15, 0.2) is 48.8 Å². The summed E-state index contributed by atoms with van der Waals surface area (Å²) in [7, 11) is 0. The molecule has 7 nitrogen and oxygen atoms in total. The Balaban J connectivity index is 1.53. The first-order valence-corrected chi connectivity index (χ1v) is 8.72. The van der Waals surface area contributed by atoms with Crippen LogP contribution in [0.1, 0.15) is 32.9 Å². The van der Waals surface area contributed by atoms with Gasteiger partial charge < -0.3 is 5.32 Å². The number of fused-ring (bicyclic) bond motifs is 1. The van der Waals surface area contributed by atoms with Gasteiger partial charge in [0, 0.05) is 23.7 Å². The Morgan fingerprint density at radius 1 is 1.15 bits per heavy atom. The monoisotopic (exact) mass is 360 g/mol. The molecule has 136 valence electrons. The first-order chi connectivity index (χ1) is 13.0. The van der Waals surface area contributed by atoms with Gasteiger partial charge in [0.15, 0.2) is 11.5 Å². The molecule has 0 aliphatic carbocycles. The van der Waals surface area contributed by atoms with Gasteiger partial charge in [-0.15, -0.1) is 0 Å². The number of hydrogen-bond acceptors (Lipinski definition) is 4. The van der Waals surface area contributed by atoms with Gasteiger partial charge in [-0.25, -0.2) is 9.50 Å². The Morgan fingerprint density at radius 2 is 2.00 bits per heavy atom. The normalized spacial score (nSPS) is 11.1. The predicted molar refractivity (Wildman–Crippen MR) is 103 cm³/mol. The molecule has 0 fully saturated rings. The van der Waals surface area contributed by atoms with E-state index in [-0.39, 0.29) is 5.91 Å². The predicted octanol–water partition coefficient (Wildman–Crippen LogP) is 3.15. The minimum Gasteiger partial charge on any atom is -0.305 e. The van der Waals surface area contributed by atoms with Crippen molar-refractivity contribution in [3.05, 3.63) is 76.9 Å². The molecular formula is C20H20N6O. The van der Waals surface area contributed by atoms with E-state index in [4.69, 9.17) is 0 Å². The average molecular weight is 360 g/mol. The molecule has 3 aromatic heterocycles. The van der Waals surface area contributed by atoms with Crippen LogP contribution in [0.25, 0.3) is 5.65 Å². The maximum atomic E-state index is 12.7. The molecule has 1 N–H and O–H groups in total. The number of anilines is 1. The number of nitrogens with one attached hydrogen (secondary N) is 1. The second-order valence-corrected chi connectivity index (χ2v) is 6.67. The summed E-state index contributed by atoms with van der Waals surface area (Å²) in [4.78, 5) is 17.1. The number of nitrogens with zero attached hydrogens (tertiary/aromatic N) is 5. The third-order valence-electron chi connectivity index (χ3n) is 4.33. The Labute approximate surface area is 156 Å². The Morgan fingerprint density at radius 3 is 2.81 bits per heavy atom. The summed E-state index contributed by atoms with van der Waals surface area (Å²) < 4.78 is 3.46. The van der Waals surface area contributed by atoms with Gasteiger partial charge in [0.1, 0.15) is 5.56 Å². The number of benzene rings is 1. The summed E-state index contributed by atoms with van der Waals surface area (Å²) in [5, 5.41) is 11.5. The molecule has 3 heterocycles. The molecule has 4 rings (SSSR count). The smallest absolute Gasteiger partial charge is 0.262 e. The highest BCUT2D eigenvalue weighted by molar-refractivity contribution is 6.07. The lowest BCUT2D eigenvalue weighted by Gasteiger charge is -2.04. The molecular weight excluding hydrogens is 340 g/mol. The van der Waals surface area contributed by atoms with Crippen LogP contribution in [0.2, 0.25) is 0 Å². The second-order valence-electron chi connectivity index (χ2n) is 6.67. The van der Waals surface area contributed by atoms with E-state index in [2.05, 4.69) is 45.6 Å². The average Bonchev–Trinajstić information content (AvgIpc) is 3.22. The topological polar surface area (TPSA) is 77.1 Å². The van der Waals surface area contributed by atoms with Crippen molar-refractivity contribution in [3.8, 4) is 0 Å². The Bertz CT molecular complexity index is 1140. The zero-order valence-corrected chi connectivity index (χ0v) is 15.5. The van der Waals surface area contributed by atoms with E-state index in [1.165, 1.54) is 11.8 Å². The first-order valence-electron chi connectivity index (χ1n) is 8.72. The van der Waals surface area contributed by atoms with E-state index in [9.17, 15) is 4.79 Å². The van der Waals surface area contributed by atoms with Crippen LogP contribution in [0.5, 0.6) is 0 Å². The van der Waals surface area contributed by atoms with Gasteiger partial charge in [-0.1, -0.05) is 29.8 Å². The molecule has 0 atom stereocenters. The highest BCUT2D eigenvalue weighted by Gasteiger charge is 2.16. The van der Waals surface area contributed by atoms with Gasteiger partial charge in [0.25, 0.3) is 5.91 Å². The van der Waals surface area contributed by atoms with E-state index >= 15 is 0 Å². The van der Waals surface area contributed by atoms with Crippen LogP contribution >= 0.6 is 0 Å². The number of amides is 1. The third kappa shape index (κ3) is 3.44. The highest BCUT2D eigenvalue weighted by Crippen LogP contribution is 2.14. The summed E-state index contributed by atoms with van der Waals surface area (Å²) in [6.45, 7) is 6.54. The molecule has 1 aromatic carbocycles. The molecule has 4 aromatic rings. The van der Waals surface area contributed by atoms with Crippen molar-refractivity contribution in [2.24, 2.45) is 0 Å². The summed E-state index contributed by atoms with van der Waals surface area (Å²) in [6.07, 6.45) is 3.38. The van der Waals surface area contributed by atoms with E-state index in [0.717, 1.165) is 17.0 Å². The maximum absolute atomic E-state index is 12.7. The number of carbonyl (C=O) groups excluding carboxylic acids is 1. The van der Waals surface area contributed by atoms with Crippen LogP contribution in [-0.2, 0) is 6.54 Å². The van der Waals surface area contributed by atoms with Crippen LogP contribution in [0.4, 0.5) is 5.82 Å². The van der Waals surface area contributed by atoms with Crippen LogP contribution in [-0.4, -0.2) is 30.3 Å². The minimum atomic E-state index is -0.275. The van der Waals surface area contributed by atoms with E-state index in [1.54, 1.807) is 15.3 Å². The van der Waals surface area contributed by atoms with Crippen molar-refractivity contribution < 1.29 is 4.79 Å². The zero-order valence-electron chi connectivity index (χ0n) is 15.5. The van der Waals surface area contributed by atoms with E-state index < -0.39 is 0 Å². The molecule has 0 aliphatic heterocycles. The number of carbonyl (C=O) groups is 1. The zero-order chi connectivity index (χ0) is 19.0. The van der Waals surface area contributed by atoms with Gasteiger partial charge in [-0.05, 0) is 32.4 Å². The molecule has 0 spiro atoms. The van der Waals surface area contributed by atoms with E-state index in [0.29, 0.717) is 23.6 Å². The third-order valence-corrected chi connectivity index (χ3v) is 4.33. The standard InChI is InChI=1S/C20H20N6O/c1-13-5-4-6-16(9-13)12-25-8-7-18(24-25)23-20(27)17-11-21-26-15(3)10-14(2)22-19(17)26/h4-11H,12H2,1-3H3,(H,23,24,27). The van der Waals surface area contributed by atoms with Crippen LogP contribution in [0, 0.1) is 20.8 Å². The van der Waals surface area contributed by atoms with Gasteiger partial charge in [-0.3, -0.25) is 9.48 Å². The summed E-state index contributed by atoms with van der Waals surface area (Å²) in [5.74, 6) is 0.222. The lowest BCUT2D eigenvalue weighted by Crippen LogP contribution is -2.13. The Hall–Kier alpha value is -3.48. The number of hydrogen-bond donors (Lipinski definition) is 1. The van der Waals surface area contributed by atoms with E-state index in [1.807, 2.05) is 32.2 Å². The van der Waals surface area contributed by atoms with Crippen molar-refractivity contribution >= 4 is 17.4 Å². The molecule has 0 unspecified atom stereocenters. The molecule has 0 saturated heterocycles. The van der Waals surface area contributed by atoms with Crippen molar-refractivity contribution in [1.29, 1.82) is 0 Å². The SMILES string of the molecule is Cc1cccc(Cn2ccc(NC(=O)c3cnn4c(C)cc(C)nc34)n2)c1. The molecule has 0 aliphatic rings. The van der Waals surface area contributed by atoms with Crippen LogP contribution < -0.4 is 5.32 Å². The molecule has 0 bridgehead atoms. The van der Waals surface area contributed by atoms with Gasteiger partial charge in [0.05, 0.1) is 12.7 Å². The fourth-order valence-corrected chi connectivity index (χ4v) is 3.13. The lowest BCUT2D eigenvalue weighted by atomic mass is 10.1. The van der Waals surface area contributed by atoms with Gasteiger partial charge >= 0.3 is 0 Å². The molecule has 1 amide bonds. The summed E-state index contributed by atoms with van der Waals surface area (Å²) in [5.41, 5.74) is 5.11. The largest absolute Gasteiger partial charge is 0.305 e. The fourth-order valence-electron chi connectivity index (χ4n) is 3.13. The maximum Gasteiger partial charge on any atom is 0.262 e. The molecule has 27 heavy (non-hydrogen) atoms. The fraction of sp³-hybridized carbons (Fsp3) is 0.200. The van der Waals surface area contributed by atoms with Crippen molar-refractivity contribution in [3.63, 3.8) is 0 Å². The molecule has 7 heteroatoms. The first kappa shape index (κ1) is 17.0. The minimum absolute atomic E-state index is 0.275. The lowest BCUT2D eigenvalue weighted by molar-refractivity contribution is 0.102. The second kappa shape index (κ2) is 6.68. The number of rotatable bonds is 4. The molecule has 0 saturated carbocycles. The number of aryl methyl sites for hydroxylation is 3. The summed E-state index contributed by atoms with van der Waals surface area (Å²) >= 11 is 0. The van der Waals surface area contributed by atoms with Crippen molar-refractivity contribution in [1.82, 2.24) is 24.4 Å². The van der Waals surface area contributed by atoms with Crippen LogP contribution in [0.3, 0.4) is 0 Å². The summed E-state index contributed by atoms with van der Waals surface area (Å²) in [6, 6.07) is 12.0. The van der Waals surface area contributed by atoms with Crippen molar-refractivity contribution in [2.45, 2.75) is 27.3 Å². The quantitative estimate of drug-likeness (QED) is 0.606. The molecule has 0 radical (unpaired) electrons. The number of aromatic nitrogens is 5. The van der Waals surface area contributed by atoms with Gasteiger partial charge in [-0.2, -0.15) is 10.2 Å². The van der Waals surface area contributed by atoms with Crippen molar-refractivity contribution in [2.75, 3.05) is 5.32 Å². The van der Waals surface area contributed by atoms with Gasteiger partial charge in [0.2, 0.25) is 0 Å². The highest BCUT2D eigenvalue weighted by atomic mass is 16.1.